The maximum atomic E-state index is 11.4. The molecule has 56 valence electrons. The first-order valence-electron chi connectivity index (χ1n) is 4.30. The fourth-order valence-electron chi connectivity index (χ4n) is 2.66. The molecule has 0 unspecified atom stereocenters. The van der Waals surface area contributed by atoms with Crippen LogP contribution in [0.5, 0.6) is 0 Å². The summed E-state index contributed by atoms with van der Waals surface area (Å²) in [5.41, 5.74) is 0.171. The molecule has 0 aromatic carbocycles. The Bertz CT molecular complexity index is 174. The van der Waals surface area contributed by atoms with Gasteiger partial charge in [0.1, 0.15) is 5.78 Å². The van der Waals surface area contributed by atoms with Crippen molar-refractivity contribution in [1.82, 2.24) is 0 Å². The first kappa shape index (κ1) is 6.38. The minimum atomic E-state index is 0.171. The van der Waals surface area contributed by atoms with E-state index in [1.165, 1.54) is 19.3 Å². The van der Waals surface area contributed by atoms with Gasteiger partial charge in [0.2, 0.25) is 0 Å². The molecule has 0 aromatic rings. The second-order valence-corrected chi connectivity index (χ2v) is 3.87. The molecule has 1 heteroatoms. The molecule has 2 atom stereocenters. The number of rotatable bonds is 1. The van der Waals surface area contributed by atoms with Crippen LogP contribution in [0, 0.1) is 11.3 Å². The molecular weight excluding hydrogens is 124 g/mol. The van der Waals surface area contributed by atoms with E-state index in [9.17, 15) is 4.79 Å². The van der Waals surface area contributed by atoms with Gasteiger partial charge in [0, 0.05) is 11.8 Å². The summed E-state index contributed by atoms with van der Waals surface area (Å²) in [6.07, 6.45) is 5.70. The highest BCUT2D eigenvalue weighted by atomic mass is 16.1. The zero-order valence-electron chi connectivity index (χ0n) is 6.52. The molecule has 0 heterocycles. The Morgan fingerprint density at radius 3 is 2.80 bits per heavy atom. The third kappa shape index (κ3) is 0.609. The Hall–Kier alpha value is -0.330. The van der Waals surface area contributed by atoms with Gasteiger partial charge in [0.05, 0.1) is 0 Å². The molecular formula is C9H14O. The minimum Gasteiger partial charge on any atom is -0.299 e. The van der Waals surface area contributed by atoms with E-state index in [-0.39, 0.29) is 5.41 Å². The zero-order valence-corrected chi connectivity index (χ0v) is 6.52. The molecule has 0 radical (unpaired) electrons. The normalized spacial score (nSPS) is 44.9. The lowest BCUT2D eigenvalue weighted by molar-refractivity contribution is -0.127. The van der Waals surface area contributed by atoms with Crippen LogP contribution in [0.25, 0.3) is 0 Å². The summed E-state index contributed by atoms with van der Waals surface area (Å²) in [7, 11) is 0. The third-order valence-electron chi connectivity index (χ3n) is 3.45. The molecule has 2 rings (SSSR count). The van der Waals surface area contributed by atoms with Gasteiger partial charge in [-0.25, -0.2) is 0 Å². The number of carbonyl (C=O) groups excluding carboxylic acids is 1. The monoisotopic (exact) mass is 138 g/mol. The molecule has 2 fully saturated rings. The standard InChI is InChI=1S/C9H14O/c1-2-9-4-3-7(6-9)5-8(9)10/h7H,2-6H2,1H3/t7-,9+/m0/s1. The van der Waals surface area contributed by atoms with E-state index in [1.54, 1.807) is 0 Å². The van der Waals surface area contributed by atoms with E-state index in [2.05, 4.69) is 6.92 Å². The van der Waals surface area contributed by atoms with E-state index in [0.29, 0.717) is 5.78 Å². The third-order valence-corrected chi connectivity index (χ3v) is 3.45. The SMILES string of the molecule is CC[C@]12CC[C@@H](CC1=O)C2. The van der Waals surface area contributed by atoms with Crippen LogP contribution >= 0.6 is 0 Å². The number of hydrogen-bond acceptors (Lipinski definition) is 1. The largest absolute Gasteiger partial charge is 0.299 e. The van der Waals surface area contributed by atoms with Crippen LogP contribution in [-0.2, 0) is 4.79 Å². The van der Waals surface area contributed by atoms with Gasteiger partial charge >= 0.3 is 0 Å². The van der Waals surface area contributed by atoms with Crippen LogP contribution in [0.4, 0.5) is 0 Å². The number of hydrogen-bond donors (Lipinski definition) is 0. The average molecular weight is 138 g/mol. The van der Waals surface area contributed by atoms with Crippen LogP contribution in [0.3, 0.4) is 0 Å². The van der Waals surface area contributed by atoms with Gasteiger partial charge in [0.15, 0.2) is 0 Å². The highest BCUT2D eigenvalue weighted by Gasteiger charge is 2.49. The Balaban J connectivity index is 2.27. The first-order chi connectivity index (χ1) is 4.77. The highest BCUT2D eigenvalue weighted by Crippen LogP contribution is 2.53. The molecule has 10 heavy (non-hydrogen) atoms. The molecule has 2 aliphatic carbocycles. The topological polar surface area (TPSA) is 17.1 Å². The molecule has 0 spiro atoms. The summed E-state index contributed by atoms with van der Waals surface area (Å²) in [6.45, 7) is 2.16. The van der Waals surface area contributed by atoms with Crippen molar-refractivity contribution in [3.05, 3.63) is 0 Å². The molecule has 0 saturated heterocycles. The van der Waals surface area contributed by atoms with E-state index < -0.39 is 0 Å². The summed E-state index contributed by atoms with van der Waals surface area (Å²) in [4.78, 5) is 11.4. The lowest BCUT2D eigenvalue weighted by atomic mass is 9.81. The number of Topliss-reactive ketones (excluding diaryl/α,β-unsaturated/α-hetero) is 1. The van der Waals surface area contributed by atoms with E-state index in [4.69, 9.17) is 0 Å². The number of ketones is 1. The molecule has 0 aliphatic heterocycles. The maximum Gasteiger partial charge on any atom is 0.139 e. The van der Waals surface area contributed by atoms with Gasteiger partial charge in [-0.05, 0) is 31.6 Å². The molecule has 2 aliphatic rings. The highest BCUT2D eigenvalue weighted by molar-refractivity contribution is 5.88. The summed E-state index contributed by atoms with van der Waals surface area (Å²) >= 11 is 0. The van der Waals surface area contributed by atoms with Gasteiger partial charge in [-0.2, -0.15) is 0 Å². The molecule has 0 amide bonds. The van der Waals surface area contributed by atoms with Gasteiger partial charge < -0.3 is 0 Å². The van der Waals surface area contributed by atoms with Crippen molar-refractivity contribution in [3.63, 3.8) is 0 Å². The van der Waals surface area contributed by atoms with E-state index >= 15 is 0 Å². The van der Waals surface area contributed by atoms with Gasteiger partial charge in [-0.15, -0.1) is 0 Å². The quantitative estimate of drug-likeness (QED) is 0.542. The summed E-state index contributed by atoms with van der Waals surface area (Å²) in [5, 5.41) is 0. The van der Waals surface area contributed by atoms with Crippen LogP contribution in [0.15, 0.2) is 0 Å². The van der Waals surface area contributed by atoms with Crippen molar-refractivity contribution in [2.75, 3.05) is 0 Å². The number of carbonyl (C=O) groups is 1. The molecule has 2 saturated carbocycles. The van der Waals surface area contributed by atoms with Gasteiger partial charge in [0.25, 0.3) is 0 Å². The maximum absolute atomic E-state index is 11.4. The van der Waals surface area contributed by atoms with Crippen LogP contribution in [-0.4, -0.2) is 5.78 Å². The van der Waals surface area contributed by atoms with Crippen molar-refractivity contribution in [2.24, 2.45) is 11.3 Å². The molecule has 0 N–H and O–H groups in total. The lowest BCUT2D eigenvalue weighted by Crippen LogP contribution is -2.23. The second-order valence-electron chi connectivity index (χ2n) is 3.87. The van der Waals surface area contributed by atoms with Crippen LogP contribution < -0.4 is 0 Å². The predicted molar refractivity (Wildman–Crippen MR) is 39.7 cm³/mol. The van der Waals surface area contributed by atoms with Crippen molar-refractivity contribution in [3.8, 4) is 0 Å². The van der Waals surface area contributed by atoms with Crippen molar-refractivity contribution >= 4 is 5.78 Å². The van der Waals surface area contributed by atoms with Crippen molar-refractivity contribution in [1.29, 1.82) is 0 Å². The van der Waals surface area contributed by atoms with Crippen LogP contribution in [0.1, 0.15) is 39.0 Å². The predicted octanol–water partition coefficient (Wildman–Crippen LogP) is 2.16. The Morgan fingerprint density at radius 1 is 1.70 bits per heavy atom. The van der Waals surface area contributed by atoms with Crippen molar-refractivity contribution in [2.45, 2.75) is 39.0 Å². The number of fused-ring (bicyclic) bond motifs is 2. The average Bonchev–Trinajstić information content (AvgIpc) is 2.44. The van der Waals surface area contributed by atoms with Gasteiger partial charge in [-0.1, -0.05) is 6.92 Å². The van der Waals surface area contributed by atoms with Crippen molar-refractivity contribution < 1.29 is 4.79 Å². The summed E-state index contributed by atoms with van der Waals surface area (Å²) < 4.78 is 0. The zero-order chi connectivity index (χ0) is 7.19. The smallest absolute Gasteiger partial charge is 0.139 e. The Kier molecular flexibility index (Phi) is 1.17. The van der Waals surface area contributed by atoms with Gasteiger partial charge in [-0.3, -0.25) is 4.79 Å². The lowest BCUT2D eigenvalue weighted by Gasteiger charge is -2.22. The Morgan fingerprint density at radius 2 is 2.50 bits per heavy atom. The Labute approximate surface area is 61.8 Å². The molecule has 0 aromatic heterocycles. The summed E-state index contributed by atoms with van der Waals surface area (Å²) in [5.74, 6) is 1.33. The fourth-order valence-corrected chi connectivity index (χ4v) is 2.66. The van der Waals surface area contributed by atoms with E-state index in [1.807, 2.05) is 0 Å². The van der Waals surface area contributed by atoms with Crippen LogP contribution in [0.2, 0.25) is 0 Å². The molecule has 2 bridgehead atoms. The first-order valence-corrected chi connectivity index (χ1v) is 4.30. The fraction of sp³-hybridized carbons (Fsp3) is 0.889. The second kappa shape index (κ2) is 1.84. The minimum absolute atomic E-state index is 0.171. The van der Waals surface area contributed by atoms with E-state index in [0.717, 1.165) is 18.8 Å². The summed E-state index contributed by atoms with van der Waals surface area (Å²) in [6, 6.07) is 0. The molecule has 1 nitrogen and oxygen atoms in total.